The average Bonchev–Trinajstić information content (AvgIpc) is 2.61. The fourth-order valence-electron chi connectivity index (χ4n) is 3.19. The van der Waals surface area contributed by atoms with E-state index in [1.807, 2.05) is 0 Å². The highest BCUT2D eigenvalue weighted by atomic mass is 79.9. The zero-order chi connectivity index (χ0) is 13.0. The molecule has 3 heteroatoms. The number of alkyl halides is 1. The molecule has 0 aromatic heterocycles. The number of carbonyl (C=O) groups excluding carboxylic acids is 1. The van der Waals surface area contributed by atoms with Crippen molar-refractivity contribution < 1.29 is 4.79 Å². The van der Waals surface area contributed by atoms with Gasteiger partial charge in [-0.3, -0.25) is 4.79 Å². The summed E-state index contributed by atoms with van der Waals surface area (Å²) in [5, 5.41) is 0. The summed E-state index contributed by atoms with van der Waals surface area (Å²) >= 11 is 3.71. The molecular formula is C15H26BrNO. The van der Waals surface area contributed by atoms with Crippen LogP contribution in [0, 0.1) is 11.8 Å². The minimum absolute atomic E-state index is 0.401. The van der Waals surface area contributed by atoms with Gasteiger partial charge >= 0.3 is 0 Å². The van der Waals surface area contributed by atoms with Gasteiger partial charge < -0.3 is 4.90 Å². The lowest BCUT2D eigenvalue weighted by molar-refractivity contribution is -0.133. The minimum atomic E-state index is 0.401. The van der Waals surface area contributed by atoms with E-state index in [2.05, 4.69) is 27.8 Å². The smallest absolute Gasteiger partial charge is 0.222 e. The first-order chi connectivity index (χ1) is 8.66. The van der Waals surface area contributed by atoms with Crippen LogP contribution in [0.4, 0.5) is 0 Å². The highest BCUT2D eigenvalue weighted by molar-refractivity contribution is 9.09. The normalized spacial score (nSPS) is 31.1. The van der Waals surface area contributed by atoms with Gasteiger partial charge in [0.2, 0.25) is 5.91 Å². The molecule has 2 rings (SSSR count). The Bertz CT molecular complexity index is 274. The molecule has 2 nitrogen and oxygen atoms in total. The van der Waals surface area contributed by atoms with Crippen LogP contribution < -0.4 is 0 Å². The van der Waals surface area contributed by atoms with Gasteiger partial charge in [0.15, 0.2) is 0 Å². The van der Waals surface area contributed by atoms with Crippen LogP contribution in [0.1, 0.15) is 58.3 Å². The molecule has 1 saturated carbocycles. The zero-order valence-corrected chi connectivity index (χ0v) is 13.1. The number of likely N-dealkylation sites (tertiary alicyclic amines) is 1. The molecule has 0 radical (unpaired) electrons. The van der Waals surface area contributed by atoms with Crippen LogP contribution in [0.2, 0.25) is 0 Å². The molecule has 2 unspecified atom stereocenters. The quantitative estimate of drug-likeness (QED) is 0.557. The molecule has 104 valence electrons. The summed E-state index contributed by atoms with van der Waals surface area (Å²) in [7, 11) is 0. The van der Waals surface area contributed by atoms with E-state index in [1.54, 1.807) is 0 Å². The molecule has 1 saturated heterocycles. The second kappa shape index (κ2) is 6.93. The first-order valence-corrected chi connectivity index (χ1v) is 8.50. The average molecular weight is 316 g/mol. The number of halogens is 1. The third-order valence-electron chi connectivity index (χ3n) is 4.66. The van der Waals surface area contributed by atoms with E-state index < -0.39 is 0 Å². The fourth-order valence-corrected chi connectivity index (χ4v) is 3.81. The van der Waals surface area contributed by atoms with E-state index in [4.69, 9.17) is 0 Å². The Balaban J connectivity index is 1.80. The molecule has 2 fully saturated rings. The molecule has 2 aliphatic rings. The number of hydrogen-bond acceptors (Lipinski definition) is 1. The van der Waals surface area contributed by atoms with Gasteiger partial charge in [0.1, 0.15) is 0 Å². The third-order valence-corrected chi connectivity index (χ3v) is 5.85. The zero-order valence-electron chi connectivity index (χ0n) is 11.5. The van der Waals surface area contributed by atoms with Crippen LogP contribution in [0.5, 0.6) is 0 Å². The molecule has 0 N–H and O–H groups in total. The van der Waals surface area contributed by atoms with Crippen LogP contribution in [0.25, 0.3) is 0 Å². The van der Waals surface area contributed by atoms with Gasteiger partial charge in [-0.15, -0.1) is 0 Å². The molecule has 0 aromatic carbocycles. The Labute approximate surface area is 120 Å². The van der Waals surface area contributed by atoms with Gasteiger partial charge in [-0.25, -0.2) is 0 Å². The number of amides is 1. The van der Waals surface area contributed by atoms with Crippen molar-refractivity contribution in [1.29, 1.82) is 0 Å². The first-order valence-electron chi connectivity index (χ1n) is 7.58. The summed E-state index contributed by atoms with van der Waals surface area (Å²) in [5.41, 5.74) is 0. The van der Waals surface area contributed by atoms with Crippen molar-refractivity contribution in [2.75, 3.05) is 13.1 Å². The number of carbonyl (C=O) groups is 1. The van der Waals surface area contributed by atoms with Gasteiger partial charge in [0.25, 0.3) is 0 Å². The van der Waals surface area contributed by atoms with Gasteiger partial charge in [0.05, 0.1) is 0 Å². The molecule has 1 aliphatic heterocycles. The van der Waals surface area contributed by atoms with Crippen LogP contribution in [-0.2, 0) is 4.79 Å². The fraction of sp³-hybridized carbons (Fsp3) is 0.933. The molecule has 18 heavy (non-hydrogen) atoms. The highest BCUT2D eigenvalue weighted by Crippen LogP contribution is 2.28. The molecule has 0 bridgehead atoms. The van der Waals surface area contributed by atoms with Gasteiger partial charge in [-0.2, -0.15) is 0 Å². The number of rotatable bonds is 2. The van der Waals surface area contributed by atoms with Crippen LogP contribution >= 0.6 is 15.9 Å². The maximum atomic E-state index is 12.3. The summed E-state index contributed by atoms with van der Waals surface area (Å²) < 4.78 is 0. The Hall–Kier alpha value is -0.0500. The maximum Gasteiger partial charge on any atom is 0.222 e. The Morgan fingerprint density at radius 3 is 2.44 bits per heavy atom. The molecule has 2 atom stereocenters. The SMILES string of the molecule is CC1CCN(C(=O)CC2CCCCCC2)CC1Br. The second-order valence-electron chi connectivity index (χ2n) is 6.18. The van der Waals surface area contributed by atoms with E-state index in [9.17, 15) is 4.79 Å². The summed E-state index contributed by atoms with van der Waals surface area (Å²) in [4.78, 5) is 14.9. The van der Waals surface area contributed by atoms with E-state index in [0.29, 0.717) is 22.6 Å². The van der Waals surface area contributed by atoms with Crippen molar-refractivity contribution in [3.63, 3.8) is 0 Å². The van der Waals surface area contributed by atoms with Crippen molar-refractivity contribution in [3.8, 4) is 0 Å². The molecule has 1 amide bonds. The van der Waals surface area contributed by atoms with Crippen molar-refractivity contribution in [1.82, 2.24) is 4.90 Å². The topological polar surface area (TPSA) is 20.3 Å². The van der Waals surface area contributed by atoms with Crippen molar-refractivity contribution >= 4 is 21.8 Å². The third kappa shape index (κ3) is 3.97. The Kier molecular flexibility index (Phi) is 5.53. The highest BCUT2D eigenvalue weighted by Gasteiger charge is 2.28. The van der Waals surface area contributed by atoms with E-state index in [-0.39, 0.29) is 0 Å². The standard InChI is InChI=1S/C15H26BrNO/c1-12-8-9-17(11-14(12)16)15(18)10-13-6-4-2-3-5-7-13/h12-14H,2-11H2,1H3. The lowest BCUT2D eigenvalue weighted by Crippen LogP contribution is -2.44. The molecule has 1 heterocycles. The summed E-state index contributed by atoms with van der Waals surface area (Å²) in [6.45, 7) is 4.15. The van der Waals surface area contributed by atoms with Gasteiger partial charge in [0, 0.05) is 24.3 Å². The minimum Gasteiger partial charge on any atom is -0.342 e. The monoisotopic (exact) mass is 315 g/mol. The molecule has 0 aromatic rings. The maximum absolute atomic E-state index is 12.3. The summed E-state index contributed by atoms with van der Waals surface area (Å²) in [5.74, 6) is 1.76. The molecular weight excluding hydrogens is 290 g/mol. The number of nitrogens with zero attached hydrogens (tertiary/aromatic N) is 1. The first kappa shape index (κ1) is 14.4. The second-order valence-corrected chi connectivity index (χ2v) is 7.36. The van der Waals surface area contributed by atoms with Crippen molar-refractivity contribution in [2.45, 2.75) is 63.1 Å². The molecule has 1 aliphatic carbocycles. The van der Waals surface area contributed by atoms with Crippen LogP contribution in [0.15, 0.2) is 0 Å². The summed E-state index contributed by atoms with van der Waals surface area (Å²) in [6, 6.07) is 0. The predicted octanol–water partition coefficient (Wildman–Crippen LogP) is 3.98. The Morgan fingerprint density at radius 2 is 1.83 bits per heavy atom. The van der Waals surface area contributed by atoms with Crippen LogP contribution in [-0.4, -0.2) is 28.7 Å². The van der Waals surface area contributed by atoms with E-state index >= 15 is 0 Å². The predicted molar refractivity (Wildman–Crippen MR) is 78.9 cm³/mol. The molecule has 0 spiro atoms. The van der Waals surface area contributed by atoms with Crippen LogP contribution in [0.3, 0.4) is 0 Å². The Morgan fingerprint density at radius 1 is 1.17 bits per heavy atom. The van der Waals surface area contributed by atoms with Crippen molar-refractivity contribution in [2.24, 2.45) is 11.8 Å². The van der Waals surface area contributed by atoms with Crippen molar-refractivity contribution in [3.05, 3.63) is 0 Å². The lowest BCUT2D eigenvalue weighted by atomic mass is 9.94. The lowest BCUT2D eigenvalue weighted by Gasteiger charge is -2.35. The van der Waals surface area contributed by atoms with E-state index in [1.165, 1.54) is 38.5 Å². The van der Waals surface area contributed by atoms with Gasteiger partial charge in [-0.1, -0.05) is 48.5 Å². The van der Waals surface area contributed by atoms with E-state index in [0.717, 1.165) is 25.9 Å². The number of hydrogen-bond donors (Lipinski definition) is 0. The number of piperidine rings is 1. The van der Waals surface area contributed by atoms with Gasteiger partial charge in [-0.05, 0) is 31.1 Å². The summed E-state index contributed by atoms with van der Waals surface area (Å²) in [6.07, 6.45) is 9.89. The largest absolute Gasteiger partial charge is 0.342 e.